The fourth-order valence-electron chi connectivity index (χ4n) is 1.83. The van der Waals surface area contributed by atoms with E-state index in [1.165, 1.54) is 5.56 Å². The van der Waals surface area contributed by atoms with Crippen LogP contribution in [-0.4, -0.2) is 18.5 Å². The highest BCUT2D eigenvalue weighted by Crippen LogP contribution is 2.31. The van der Waals surface area contributed by atoms with E-state index in [0.717, 1.165) is 23.1 Å². The fourth-order valence-corrected chi connectivity index (χ4v) is 2.18. The number of fused-ring (bicyclic) bond motifs is 1. The Labute approximate surface area is 110 Å². The number of halogens is 2. The van der Waals surface area contributed by atoms with Gasteiger partial charge in [-0.2, -0.15) is 0 Å². The number of nitrogens with zero attached hydrogens (tertiary/aromatic N) is 1. The van der Waals surface area contributed by atoms with Crippen molar-refractivity contribution in [1.82, 2.24) is 0 Å². The van der Waals surface area contributed by atoms with Crippen molar-refractivity contribution < 1.29 is 4.79 Å². The lowest BCUT2D eigenvalue weighted by Gasteiger charge is -2.19. The SMILES string of the molecule is C[C@H](N)C(=O)N1CCc2ccc(Br)cc21.Cl. The van der Waals surface area contributed by atoms with E-state index < -0.39 is 6.04 Å². The molecule has 5 heteroatoms. The van der Waals surface area contributed by atoms with Crippen LogP contribution >= 0.6 is 28.3 Å². The fraction of sp³-hybridized carbons (Fsp3) is 0.364. The maximum absolute atomic E-state index is 11.8. The van der Waals surface area contributed by atoms with Crippen LogP contribution in [0.5, 0.6) is 0 Å². The Kier molecular flexibility index (Phi) is 4.35. The van der Waals surface area contributed by atoms with E-state index in [2.05, 4.69) is 15.9 Å². The lowest BCUT2D eigenvalue weighted by molar-refractivity contribution is -0.119. The van der Waals surface area contributed by atoms with Gasteiger partial charge in [0.1, 0.15) is 0 Å². The van der Waals surface area contributed by atoms with Gasteiger partial charge in [0.25, 0.3) is 0 Å². The second-order valence-corrected chi connectivity index (χ2v) is 4.72. The van der Waals surface area contributed by atoms with Gasteiger partial charge in [-0.3, -0.25) is 4.79 Å². The Morgan fingerprint density at radius 1 is 1.56 bits per heavy atom. The van der Waals surface area contributed by atoms with Crippen molar-refractivity contribution in [2.45, 2.75) is 19.4 Å². The predicted octanol–water partition coefficient (Wildman–Crippen LogP) is 2.11. The third-order valence-corrected chi connectivity index (χ3v) is 3.09. The monoisotopic (exact) mass is 304 g/mol. The van der Waals surface area contributed by atoms with Crippen LogP contribution in [0, 0.1) is 0 Å². The first-order valence-electron chi connectivity index (χ1n) is 4.95. The number of nitrogens with two attached hydrogens (primary N) is 1. The van der Waals surface area contributed by atoms with Gasteiger partial charge in [0.15, 0.2) is 0 Å². The summed E-state index contributed by atoms with van der Waals surface area (Å²) in [4.78, 5) is 13.6. The van der Waals surface area contributed by atoms with Gasteiger partial charge in [-0.1, -0.05) is 22.0 Å². The minimum Gasteiger partial charge on any atom is -0.320 e. The number of carbonyl (C=O) groups excluding carboxylic acids is 1. The van der Waals surface area contributed by atoms with Gasteiger partial charge in [0.2, 0.25) is 5.91 Å². The van der Waals surface area contributed by atoms with Crippen molar-refractivity contribution in [3.05, 3.63) is 28.2 Å². The van der Waals surface area contributed by atoms with Gasteiger partial charge in [0.05, 0.1) is 6.04 Å². The Balaban J connectivity index is 0.00000128. The van der Waals surface area contributed by atoms with Crippen LogP contribution in [0.2, 0.25) is 0 Å². The topological polar surface area (TPSA) is 46.3 Å². The van der Waals surface area contributed by atoms with E-state index >= 15 is 0 Å². The Morgan fingerprint density at radius 3 is 2.88 bits per heavy atom. The lowest BCUT2D eigenvalue weighted by Crippen LogP contribution is -2.41. The van der Waals surface area contributed by atoms with Crippen LogP contribution in [0.15, 0.2) is 22.7 Å². The average molecular weight is 306 g/mol. The third kappa shape index (κ3) is 2.39. The minimum atomic E-state index is -0.435. The molecule has 0 unspecified atom stereocenters. The van der Waals surface area contributed by atoms with Crippen molar-refractivity contribution in [2.75, 3.05) is 11.4 Å². The summed E-state index contributed by atoms with van der Waals surface area (Å²) in [6, 6.07) is 5.59. The van der Waals surface area contributed by atoms with Crippen LogP contribution in [0.3, 0.4) is 0 Å². The van der Waals surface area contributed by atoms with Gasteiger partial charge >= 0.3 is 0 Å². The molecular formula is C11H14BrClN2O. The molecule has 2 rings (SSSR count). The number of amides is 1. The van der Waals surface area contributed by atoms with Gasteiger partial charge in [0, 0.05) is 16.7 Å². The predicted molar refractivity (Wildman–Crippen MR) is 71.1 cm³/mol. The molecule has 1 amide bonds. The van der Waals surface area contributed by atoms with Gasteiger partial charge in [-0.25, -0.2) is 0 Å². The number of hydrogen-bond donors (Lipinski definition) is 1. The van der Waals surface area contributed by atoms with Crippen molar-refractivity contribution in [3.63, 3.8) is 0 Å². The first-order chi connectivity index (χ1) is 7.09. The molecule has 1 aliphatic rings. The summed E-state index contributed by atoms with van der Waals surface area (Å²) in [5, 5.41) is 0. The Bertz CT molecular complexity index is 409. The Hall–Kier alpha value is -0.580. The zero-order valence-corrected chi connectivity index (χ0v) is 11.3. The number of carbonyl (C=O) groups is 1. The molecule has 0 saturated carbocycles. The zero-order chi connectivity index (χ0) is 11.0. The molecule has 0 aromatic heterocycles. The number of hydrogen-bond acceptors (Lipinski definition) is 2. The van der Waals surface area contributed by atoms with Crippen LogP contribution < -0.4 is 10.6 Å². The summed E-state index contributed by atoms with van der Waals surface area (Å²) >= 11 is 3.41. The molecule has 1 heterocycles. The van der Waals surface area contributed by atoms with E-state index in [-0.39, 0.29) is 18.3 Å². The van der Waals surface area contributed by atoms with Crippen molar-refractivity contribution in [1.29, 1.82) is 0 Å². The van der Waals surface area contributed by atoms with Gasteiger partial charge in [-0.15, -0.1) is 12.4 Å². The second-order valence-electron chi connectivity index (χ2n) is 3.80. The minimum absolute atomic E-state index is 0. The summed E-state index contributed by atoms with van der Waals surface area (Å²) in [6.07, 6.45) is 0.918. The Morgan fingerprint density at radius 2 is 2.25 bits per heavy atom. The van der Waals surface area contributed by atoms with Crippen LogP contribution in [0.25, 0.3) is 0 Å². The first kappa shape index (κ1) is 13.5. The molecule has 1 aliphatic heterocycles. The maximum atomic E-state index is 11.8. The molecule has 0 bridgehead atoms. The largest absolute Gasteiger partial charge is 0.320 e. The van der Waals surface area contributed by atoms with Crippen LogP contribution in [0.4, 0.5) is 5.69 Å². The van der Waals surface area contributed by atoms with Gasteiger partial charge < -0.3 is 10.6 Å². The molecule has 1 aromatic carbocycles. The molecule has 88 valence electrons. The maximum Gasteiger partial charge on any atom is 0.243 e. The van der Waals surface area contributed by atoms with E-state index in [4.69, 9.17) is 5.73 Å². The highest BCUT2D eigenvalue weighted by atomic mass is 79.9. The van der Waals surface area contributed by atoms with E-state index in [9.17, 15) is 4.79 Å². The standard InChI is InChI=1S/C11H13BrN2O.ClH/c1-7(13)11(15)14-5-4-8-2-3-9(12)6-10(8)14;/h2-3,6-7H,4-5,13H2,1H3;1H/t7-;/m0./s1. The molecule has 0 fully saturated rings. The molecule has 0 spiro atoms. The third-order valence-electron chi connectivity index (χ3n) is 2.60. The zero-order valence-electron chi connectivity index (χ0n) is 8.94. The van der Waals surface area contributed by atoms with Crippen molar-refractivity contribution in [2.24, 2.45) is 5.73 Å². The van der Waals surface area contributed by atoms with Gasteiger partial charge in [-0.05, 0) is 31.0 Å². The number of anilines is 1. The summed E-state index contributed by atoms with van der Waals surface area (Å²) < 4.78 is 0.991. The molecule has 0 radical (unpaired) electrons. The molecule has 2 N–H and O–H groups in total. The summed E-state index contributed by atoms with van der Waals surface area (Å²) in [5.41, 5.74) is 7.82. The summed E-state index contributed by atoms with van der Waals surface area (Å²) in [6.45, 7) is 2.46. The van der Waals surface area contributed by atoms with E-state index in [1.807, 2.05) is 18.2 Å². The van der Waals surface area contributed by atoms with E-state index in [1.54, 1.807) is 11.8 Å². The summed E-state index contributed by atoms with van der Waals surface area (Å²) in [7, 11) is 0. The van der Waals surface area contributed by atoms with Crippen LogP contribution in [-0.2, 0) is 11.2 Å². The quantitative estimate of drug-likeness (QED) is 0.864. The van der Waals surface area contributed by atoms with Crippen molar-refractivity contribution in [3.8, 4) is 0 Å². The molecule has 1 atom stereocenters. The smallest absolute Gasteiger partial charge is 0.243 e. The summed E-state index contributed by atoms with van der Waals surface area (Å²) in [5.74, 6) is -0.00755. The highest BCUT2D eigenvalue weighted by Gasteiger charge is 2.26. The lowest BCUT2D eigenvalue weighted by atomic mass is 10.2. The second kappa shape index (κ2) is 5.17. The molecule has 0 saturated heterocycles. The molecular weight excluding hydrogens is 291 g/mol. The van der Waals surface area contributed by atoms with E-state index in [0.29, 0.717) is 0 Å². The molecule has 0 aliphatic carbocycles. The molecule has 16 heavy (non-hydrogen) atoms. The number of benzene rings is 1. The normalized spacial score (nSPS) is 15.3. The molecule has 1 aromatic rings. The van der Waals surface area contributed by atoms with Crippen LogP contribution in [0.1, 0.15) is 12.5 Å². The highest BCUT2D eigenvalue weighted by molar-refractivity contribution is 9.10. The van der Waals surface area contributed by atoms with Crippen molar-refractivity contribution >= 4 is 39.9 Å². The first-order valence-corrected chi connectivity index (χ1v) is 5.74. The number of rotatable bonds is 1. The molecule has 3 nitrogen and oxygen atoms in total. The average Bonchev–Trinajstić information content (AvgIpc) is 2.59.